The molecule has 174 valence electrons. The van der Waals surface area contributed by atoms with Crippen LogP contribution in [0.1, 0.15) is 12.0 Å². The van der Waals surface area contributed by atoms with Crippen molar-refractivity contribution in [3.8, 4) is 11.5 Å². The van der Waals surface area contributed by atoms with Crippen molar-refractivity contribution in [2.24, 2.45) is 0 Å². The summed E-state index contributed by atoms with van der Waals surface area (Å²) < 4.78 is 36.3. The first-order valence-corrected chi connectivity index (χ1v) is 12.2. The summed E-state index contributed by atoms with van der Waals surface area (Å²) in [6.45, 7) is 1.55. The number of nitrogens with one attached hydrogen (secondary N) is 2. The lowest BCUT2D eigenvalue weighted by Gasteiger charge is -2.23. The maximum Gasteiger partial charge on any atom is 0.229 e. The molecule has 1 amide bonds. The van der Waals surface area contributed by atoms with Gasteiger partial charge in [0.15, 0.2) is 0 Å². The van der Waals surface area contributed by atoms with Crippen molar-refractivity contribution in [2.75, 3.05) is 49.6 Å². The average molecular weight is 464 g/mol. The van der Waals surface area contributed by atoms with E-state index in [4.69, 9.17) is 9.47 Å². The number of amides is 1. The van der Waals surface area contributed by atoms with E-state index >= 15 is 0 Å². The van der Waals surface area contributed by atoms with Gasteiger partial charge in [-0.25, -0.2) is 8.42 Å². The molecule has 0 fully saturated rings. The Hall–Kier alpha value is -2.82. The Morgan fingerprint density at radius 3 is 2.62 bits per heavy atom. The van der Waals surface area contributed by atoms with Crippen LogP contribution in [0.4, 0.5) is 11.4 Å². The summed E-state index contributed by atoms with van der Waals surface area (Å²) in [6.07, 6.45) is 1.46. The quantitative estimate of drug-likeness (QED) is 0.464. The van der Waals surface area contributed by atoms with Gasteiger partial charge in [0.2, 0.25) is 15.9 Å². The summed E-state index contributed by atoms with van der Waals surface area (Å²) in [4.78, 5) is 13.5. The zero-order valence-electron chi connectivity index (χ0n) is 18.2. The molecule has 1 aliphatic heterocycles. The zero-order valence-corrected chi connectivity index (χ0v) is 19.0. The second-order valence-electron chi connectivity index (χ2n) is 7.80. The van der Waals surface area contributed by atoms with Crippen LogP contribution in [0.3, 0.4) is 0 Å². The molecule has 10 heteroatoms. The number of sulfonamides is 1. The molecule has 32 heavy (non-hydrogen) atoms. The van der Waals surface area contributed by atoms with Crippen LogP contribution >= 0.6 is 0 Å². The van der Waals surface area contributed by atoms with E-state index in [1.807, 2.05) is 30.1 Å². The summed E-state index contributed by atoms with van der Waals surface area (Å²) in [6, 6.07) is 12.2. The van der Waals surface area contributed by atoms with Gasteiger partial charge in [0.05, 0.1) is 6.26 Å². The van der Waals surface area contributed by atoms with E-state index < -0.39 is 16.1 Å². The smallest absolute Gasteiger partial charge is 0.229 e. The number of hydrogen-bond donors (Lipinski definition) is 3. The van der Waals surface area contributed by atoms with Crippen LogP contribution in [-0.2, 0) is 21.2 Å². The van der Waals surface area contributed by atoms with E-state index in [0.717, 1.165) is 17.5 Å². The number of aliphatic hydroxyl groups is 1. The normalized spacial score (nSPS) is 14.4. The Morgan fingerprint density at radius 2 is 1.91 bits per heavy atom. The highest BCUT2D eigenvalue weighted by Gasteiger charge is 2.19. The predicted octanol–water partition coefficient (Wildman–Crippen LogP) is 1.69. The summed E-state index contributed by atoms with van der Waals surface area (Å²) in [5, 5.41) is 13.2. The molecule has 2 aromatic carbocycles. The number of nitrogens with zero attached hydrogens (tertiary/aromatic N) is 1. The van der Waals surface area contributed by atoms with Gasteiger partial charge in [-0.15, -0.1) is 0 Å². The monoisotopic (exact) mass is 463 g/mol. The third-order valence-electron chi connectivity index (χ3n) is 4.86. The van der Waals surface area contributed by atoms with Crippen molar-refractivity contribution in [1.29, 1.82) is 0 Å². The van der Waals surface area contributed by atoms with Gasteiger partial charge in [-0.3, -0.25) is 9.52 Å². The molecule has 1 heterocycles. The first-order chi connectivity index (χ1) is 15.2. The van der Waals surface area contributed by atoms with Crippen LogP contribution < -0.4 is 19.5 Å². The fourth-order valence-corrected chi connectivity index (χ4v) is 3.93. The van der Waals surface area contributed by atoms with Crippen molar-refractivity contribution in [1.82, 2.24) is 4.90 Å². The molecule has 0 spiro atoms. The molecule has 0 aromatic heterocycles. The maximum absolute atomic E-state index is 11.5. The SMILES string of the molecule is CN(CCOc1ccc(NS(C)(=O)=O)cc1)CC(O)COc1cccc2c1CCC(=O)N2. The summed E-state index contributed by atoms with van der Waals surface area (Å²) in [5.74, 6) is 1.31. The van der Waals surface area contributed by atoms with Gasteiger partial charge in [0, 0.05) is 36.4 Å². The molecule has 0 saturated heterocycles. The molecule has 2 aromatic rings. The molecular weight excluding hydrogens is 434 g/mol. The Morgan fingerprint density at radius 1 is 1.16 bits per heavy atom. The molecule has 0 aliphatic carbocycles. The van der Waals surface area contributed by atoms with Gasteiger partial charge in [-0.05, 0) is 49.9 Å². The standard InChI is InChI=1S/C22H29N3O6S/c1-25(12-13-30-18-8-6-16(7-9-18)24-32(2,28)29)14-17(26)15-31-21-5-3-4-20-19(21)10-11-22(27)23-20/h3-9,17,24,26H,10-15H2,1-2H3,(H,23,27). The van der Waals surface area contributed by atoms with Gasteiger partial charge in [-0.1, -0.05) is 6.07 Å². The molecule has 9 nitrogen and oxygen atoms in total. The number of carbonyl (C=O) groups is 1. The minimum atomic E-state index is -3.31. The van der Waals surface area contributed by atoms with Gasteiger partial charge >= 0.3 is 0 Å². The molecule has 0 radical (unpaired) electrons. The maximum atomic E-state index is 11.5. The molecule has 1 atom stereocenters. The van der Waals surface area contributed by atoms with E-state index in [1.54, 1.807) is 24.3 Å². The van der Waals surface area contributed by atoms with Crippen molar-refractivity contribution in [3.05, 3.63) is 48.0 Å². The van der Waals surface area contributed by atoms with Gasteiger partial charge in [0.25, 0.3) is 0 Å². The average Bonchev–Trinajstić information content (AvgIpc) is 2.72. The second kappa shape index (κ2) is 10.7. The number of fused-ring (bicyclic) bond motifs is 1. The molecule has 0 saturated carbocycles. The highest BCUT2D eigenvalue weighted by atomic mass is 32.2. The van der Waals surface area contributed by atoms with Crippen molar-refractivity contribution < 1.29 is 27.8 Å². The van der Waals surface area contributed by atoms with Crippen molar-refractivity contribution in [2.45, 2.75) is 18.9 Å². The number of aliphatic hydroxyl groups excluding tert-OH is 1. The lowest BCUT2D eigenvalue weighted by Crippen LogP contribution is -2.35. The van der Waals surface area contributed by atoms with E-state index in [0.29, 0.717) is 49.7 Å². The first-order valence-electron chi connectivity index (χ1n) is 10.3. The first kappa shape index (κ1) is 23.8. The number of hydrogen-bond acceptors (Lipinski definition) is 7. The van der Waals surface area contributed by atoms with Crippen LogP contribution in [0, 0.1) is 0 Å². The number of benzene rings is 2. The highest BCUT2D eigenvalue weighted by Crippen LogP contribution is 2.31. The van der Waals surface area contributed by atoms with E-state index in [1.165, 1.54) is 0 Å². The third kappa shape index (κ3) is 7.40. The Kier molecular flexibility index (Phi) is 7.94. The fraction of sp³-hybridized carbons (Fsp3) is 0.409. The van der Waals surface area contributed by atoms with Crippen LogP contribution in [-0.4, -0.2) is 70.0 Å². The van der Waals surface area contributed by atoms with Gasteiger partial charge in [-0.2, -0.15) is 0 Å². The largest absolute Gasteiger partial charge is 0.492 e. The summed E-state index contributed by atoms with van der Waals surface area (Å²) in [7, 11) is -1.43. The van der Waals surface area contributed by atoms with Crippen LogP contribution in [0.5, 0.6) is 11.5 Å². The highest BCUT2D eigenvalue weighted by molar-refractivity contribution is 7.92. The Bertz CT molecular complexity index is 1030. The van der Waals surface area contributed by atoms with Gasteiger partial charge < -0.3 is 24.8 Å². The fourth-order valence-electron chi connectivity index (χ4n) is 3.37. The number of anilines is 2. The van der Waals surface area contributed by atoms with E-state index in [9.17, 15) is 18.3 Å². The van der Waals surface area contributed by atoms with Crippen molar-refractivity contribution >= 4 is 27.3 Å². The third-order valence-corrected chi connectivity index (χ3v) is 5.47. The Balaban J connectivity index is 1.39. The van der Waals surface area contributed by atoms with Gasteiger partial charge in [0.1, 0.15) is 30.8 Å². The van der Waals surface area contributed by atoms with Crippen molar-refractivity contribution in [3.63, 3.8) is 0 Å². The second-order valence-corrected chi connectivity index (χ2v) is 9.55. The number of carbonyl (C=O) groups excluding carboxylic acids is 1. The molecular formula is C22H29N3O6S. The summed E-state index contributed by atoms with van der Waals surface area (Å²) in [5.41, 5.74) is 2.20. The topological polar surface area (TPSA) is 117 Å². The molecule has 1 unspecified atom stereocenters. The van der Waals surface area contributed by atoms with Crippen LogP contribution in [0.25, 0.3) is 0 Å². The molecule has 3 N–H and O–H groups in total. The van der Waals surface area contributed by atoms with E-state index in [2.05, 4.69) is 10.0 Å². The minimum absolute atomic E-state index is 0.0000397. The lowest BCUT2D eigenvalue weighted by molar-refractivity contribution is -0.116. The van der Waals surface area contributed by atoms with Crippen LogP contribution in [0.2, 0.25) is 0 Å². The number of rotatable bonds is 11. The molecule has 0 bridgehead atoms. The molecule has 3 rings (SSSR count). The predicted molar refractivity (Wildman–Crippen MR) is 123 cm³/mol. The van der Waals surface area contributed by atoms with Crippen LogP contribution in [0.15, 0.2) is 42.5 Å². The number of ether oxygens (including phenoxy) is 2. The zero-order chi connectivity index (χ0) is 23.1. The molecule has 1 aliphatic rings. The Labute approximate surface area is 188 Å². The number of likely N-dealkylation sites (N-methyl/N-ethyl adjacent to an activating group) is 1. The minimum Gasteiger partial charge on any atom is -0.492 e. The lowest BCUT2D eigenvalue weighted by atomic mass is 10.0. The van der Waals surface area contributed by atoms with E-state index in [-0.39, 0.29) is 12.5 Å². The summed E-state index contributed by atoms with van der Waals surface area (Å²) >= 11 is 0.